The van der Waals surface area contributed by atoms with E-state index in [0.717, 1.165) is 6.26 Å². The number of non-ortho nitro benzene ring substituents is 1. The third-order valence-electron chi connectivity index (χ3n) is 2.37. The second kappa shape index (κ2) is 5.98. The Hall–Kier alpha value is -1.67. The Morgan fingerprint density at radius 1 is 1.47 bits per heavy atom. The minimum absolute atomic E-state index is 0.0731. The van der Waals surface area contributed by atoms with E-state index in [1.807, 2.05) is 0 Å². The van der Waals surface area contributed by atoms with Crippen LogP contribution in [0.25, 0.3) is 0 Å². The van der Waals surface area contributed by atoms with Crippen molar-refractivity contribution in [1.29, 1.82) is 0 Å². The number of nitrogens with zero attached hydrogens (tertiary/aromatic N) is 1. The van der Waals surface area contributed by atoms with E-state index in [2.05, 4.69) is 0 Å². The van der Waals surface area contributed by atoms with Crippen molar-refractivity contribution in [2.75, 3.05) is 18.6 Å². The third-order valence-corrected chi connectivity index (χ3v) is 3.27. The molecule has 0 saturated carbocycles. The first-order valence-electron chi connectivity index (χ1n) is 5.47. The number of hydrogen-bond acceptors (Lipinski definition) is 6. The number of benzene rings is 1. The van der Waals surface area contributed by atoms with Crippen molar-refractivity contribution in [2.24, 2.45) is 0 Å². The van der Waals surface area contributed by atoms with Crippen LogP contribution in [0.3, 0.4) is 0 Å². The van der Waals surface area contributed by atoms with Crippen LogP contribution in [-0.2, 0) is 9.84 Å². The highest BCUT2D eigenvalue weighted by molar-refractivity contribution is 7.90. The van der Waals surface area contributed by atoms with Crippen molar-refractivity contribution in [1.82, 2.24) is 0 Å². The average Bonchev–Trinajstić information content (AvgIpc) is 2.27. The molecular formula is C11H15NO6S. The number of hydrogen-bond donors (Lipinski definition) is 1. The van der Waals surface area contributed by atoms with E-state index in [9.17, 15) is 23.6 Å². The van der Waals surface area contributed by atoms with Crippen molar-refractivity contribution in [2.45, 2.75) is 13.0 Å². The molecule has 19 heavy (non-hydrogen) atoms. The lowest BCUT2D eigenvalue weighted by Gasteiger charge is -2.12. The summed E-state index contributed by atoms with van der Waals surface area (Å²) in [6.07, 6.45) is 0.134. The maximum absolute atomic E-state index is 11.0. The topological polar surface area (TPSA) is 107 Å². The smallest absolute Gasteiger partial charge is 0.270 e. The summed E-state index contributed by atoms with van der Waals surface area (Å²) < 4.78 is 27.2. The summed E-state index contributed by atoms with van der Waals surface area (Å²) in [6, 6.07) is 3.80. The van der Waals surface area contributed by atoms with Crippen LogP contribution in [0, 0.1) is 10.1 Å². The molecule has 0 fully saturated rings. The zero-order valence-electron chi connectivity index (χ0n) is 10.6. The summed E-state index contributed by atoms with van der Waals surface area (Å²) in [4.78, 5) is 10.1. The highest BCUT2D eigenvalue weighted by Crippen LogP contribution is 2.29. The van der Waals surface area contributed by atoms with Gasteiger partial charge in [-0.05, 0) is 13.0 Å². The lowest BCUT2D eigenvalue weighted by Crippen LogP contribution is -2.13. The molecule has 7 nitrogen and oxygen atoms in total. The van der Waals surface area contributed by atoms with E-state index in [1.165, 1.54) is 25.1 Å². The summed E-state index contributed by atoms with van der Waals surface area (Å²) in [6.45, 7) is 1.37. The monoisotopic (exact) mass is 289 g/mol. The van der Waals surface area contributed by atoms with Gasteiger partial charge < -0.3 is 9.84 Å². The van der Waals surface area contributed by atoms with Gasteiger partial charge in [-0.15, -0.1) is 0 Å². The van der Waals surface area contributed by atoms with Crippen molar-refractivity contribution in [3.63, 3.8) is 0 Å². The molecule has 0 aliphatic rings. The SMILES string of the molecule is CC(O)c1cc([N+](=O)[O-])ccc1OCCS(C)(=O)=O. The van der Waals surface area contributed by atoms with Gasteiger partial charge in [0.05, 0.1) is 16.8 Å². The van der Waals surface area contributed by atoms with Crippen molar-refractivity contribution in [3.05, 3.63) is 33.9 Å². The summed E-state index contributed by atoms with van der Waals surface area (Å²) in [7, 11) is -3.14. The molecule has 0 heterocycles. The lowest BCUT2D eigenvalue weighted by atomic mass is 10.1. The van der Waals surface area contributed by atoms with E-state index in [-0.39, 0.29) is 29.4 Å². The highest BCUT2D eigenvalue weighted by Gasteiger charge is 2.15. The third kappa shape index (κ3) is 4.84. The Morgan fingerprint density at radius 2 is 2.11 bits per heavy atom. The molecule has 1 atom stereocenters. The number of aliphatic hydroxyl groups is 1. The van der Waals surface area contributed by atoms with Gasteiger partial charge in [0.1, 0.15) is 12.4 Å². The fourth-order valence-electron chi connectivity index (χ4n) is 1.41. The minimum atomic E-state index is -3.14. The molecular weight excluding hydrogens is 274 g/mol. The molecule has 1 aromatic rings. The largest absolute Gasteiger partial charge is 0.492 e. The molecule has 0 aliphatic carbocycles. The molecule has 0 spiro atoms. The van der Waals surface area contributed by atoms with E-state index in [1.54, 1.807) is 0 Å². The van der Waals surface area contributed by atoms with Gasteiger partial charge in [-0.25, -0.2) is 8.42 Å². The molecule has 0 aliphatic heterocycles. The van der Waals surface area contributed by atoms with Gasteiger partial charge in [-0.2, -0.15) is 0 Å². The van der Waals surface area contributed by atoms with E-state index >= 15 is 0 Å². The predicted octanol–water partition coefficient (Wildman–Crippen LogP) is 1.07. The molecule has 0 saturated heterocycles. The van der Waals surface area contributed by atoms with Crippen molar-refractivity contribution < 1.29 is 23.2 Å². The normalized spacial score (nSPS) is 13.0. The van der Waals surface area contributed by atoms with Gasteiger partial charge in [-0.3, -0.25) is 10.1 Å². The maximum atomic E-state index is 11.0. The van der Waals surface area contributed by atoms with Gasteiger partial charge in [0.15, 0.2) is 9.84 Å². The van der Waals surface area contributed by atoms with Crippen LogP contribution >= 0.6 is 0 Å². The Balaban J connectivity index is 2.91. The second-order valence-corrected chi connectivity index (χ2v) is 6.39. The molecule has 1 N–H and O–H groups in total. The second-order valence-electron chi connectivity index (χ2n) is 4.13. The number of sulfone groups is 1. The van der Waals surface area contributed by atoms with Gasteiger partial charge in [-0.1, -0.05) is 0 Å². The van der Waals surface area contributed by atoms with Gasteiger partial charge >= 0.3 is 0 Å². The van der Waals surface area contributed by atoms with Crippen LogP contribution in [-0.4, -0.2) is 37.1 Å². The van der Waals surface area contributed by atoms with Gasteiger partial charge in [0.25, 0.3) is 5.69 Å². The van der Waals surface area contributed by atoms with Gasteiger partial charge in [0.2, 0.25) is 0 Å². The molecule has 1 aromatic carbocycles. The summed E-state index contributed by atoms with van der Waals surface area (Å²) in [5, 5.41) is 20.2. The van der Waals surface area contributed by atoms with E-state index < -0.39 is 20.9 Å². The molecule has 0 amide bonds. The molecule has 1 unspecified atom stereocenters. The predicted molar refractivity (Wildman–Crippen MR) is 68.9 cm³/mol. The van der Waals surface area contributed by atoms with Crippen molar-refractivity contribution >= 4 is 15.5 Å². The highest BCUT2D eigenvalue weighted by atomic mass is 32.2. The molecule has 106 valence electrons. The van der Waals surface area contributed by atoms with Gasteiger partial charge in [0, 0.05) is 24.0 Å². The molecule has 8 heteroatoms. The maximum Gasteiger partial charge on any atom is 0.270 e. The van der Waals surface area contributed by atoms with E-state index in [4.69, 9.17) is 4.74 Å². The molecule has 0 radical (unpaired) electrons. The number of rotatable bonds is 6. The minimum Gasteiger partial charge on any atom is -0.492 e. The first-order valence-corrected chi connectivity index (χ1v) is 7.53. The summed E-state index contributed by atoms with van der Waals surface area (Å²) >= 11 is 0. The summed E-state index contributed by atoms with van der Waals surface area (Å²) in [5.74, 6) is 0.0766. The van der Waals surface area contributed by atoms with E-state index in [0.29, 0.717) is 0 Å². The first kappa shape index (κ1) is 15.4. The Labute approximate surface area is 110 Å². The fraction of sp³-hybridized carbons (Fsp3) is 0.455. The number of ether oxygens (including phenoxy) is 1. The average molecular weight is 289 g/mol. The molecule has 0 bridgehead atoms. The van der Waals surface area contributed by atoms with Crippen LogP contribution in [0.15, 0.2) is 18.2 Å². The lowest BCUT2D eigenvalue weighted by molar-refractivity contribution is -0.385. The Morgan fingerprint density at radius 3 is 2.58 bits per heavy atom. The van der Waals surface area contributed by atoms with Crippen LogP contribution in [0.2, 0.25) is 0 Å². The molecule has 1 rings (SSSR count). The standard InChI is InChI=1S/C11H15NO6S/c1-8(13)10-7-9(12(14)15)3-4-11(10)18-5-6-19(2,16)17/h3-4,7-8,13H,5-6H2,1-2H3. The zero-order chi connectivity index (χ0) is 14.6. The zero-order valence-corrected chi connectivity index (χ0v) is 11.4. The number of aliphatic hydroxyl groups excluding tert-OH is 1. The Bertz CT molecular complexity index is 567. The summed E-state index contributed by atoms with van der Waals surface area (Å²) in [5.41, 5.74) is 0.0917. The van der Waals surface area contributed by atoms with Crippen LogP contribution in [0.1, 0.15) is 18.6 Å². The first-order chi connectivity index (χ1) is 8.70. The van der Waals surface area contributed by atoms with Crippen molar-refractivity contribution in [3.8, 4) is 5.75 Å². The van der Waals surface area contributed by atoms with Crippen LogP contribution in [0.5, 0.6) is 5.75 Å². The number of nitro groups is 1. The Kier molecular flexibility index (Phi) is 4.84. The van der Waals surface area contributed by atoms with Crippen LogP contribution in [0.4, 0.5) is 5.69 Å². The fourth-order valence-corrected chi connectivity index (χ4v) is 1.80. The van der Waals surface area contributed by atoms with Crippen LogP contribution < -0.4 is 4.74 Å². The molecule has 0 aromatic heterocycles. The number of nitro benzene ring substituents is 1. The quantitative estimate of drug-likeness (QED) is 0.620.